The van der Waals surface area contributed by atoms with Crippen LogP contribution < -0.4 is 0 Å². The Morgan fingerprint density at radius 3 is 2.65 bits per heavy atom. The molecule has 0 atom stereocenters. The summed E-state index contributed by atoms with van der Waals surface area (Å²) in [5, 5.41) is 0.212. The zero-order valence-corrected chi connectivity index (χ0v) is 11.1. The highest BCUT2D eigenvalue weighted by atomic mass is 32.2. The fraction of sp³-hybridized carbons (Fsp3) is 0.727. The molecule has 96 valence electrons. The lowest BCUT2D eigenvalue weighted by Gasteiger charge is -2.22. The van der Waals surface area contributed by atoms with Gasteiger partial charge in [0.2, 0.25) is 0 Å². The fourth-order valence-electron chi connectivity index (χ4n) is 2.27. The van der Waals surface area contributed by atoms with Crippen molar-refractivity contribution in [1.82, 2.24) is 14.3 Å². The summed E-state index contributed by atoms with van der Waals surface area (Å²) in [6, 6.07) is 0.147. The zero-order valence-electron chi connectivity index (χ0n) is 10.3. The van der Waals surface area contributed by atoms with E-state index in [-0.39, 0.29) is 11.1 Å². The summed E-state index contributed by atoms with van der Waals surface area (Å²) < 4.78 is 26.1. The molecule has 0 radical (unpaired) electrons. The minimum atomic E-state index is -3.40. The van der Waals surface area contributed by atoms with E-state index in [0.717, 1.165) is 25.7 Å². The number of nitrogens with zero attached hydrogens (tertiary/aromatic N) is 2. The van der Waals surface area contributed by atoms with Crippen molar-refractivity contribution in [3.05, 3.63) is 12.0 Å². The first kappa shape index (κ1) is 12.6. The van der Waals surface area contributed by atoms with Gasteiger partial charge in [-0.15, -0.1) is 0 Å². The van der Waals surface area contributed by atoms with Gasteiger partial charge in [-0.2, -0.15) is 4.31 Å². The largest absolute Gasteiger partial charge is 0.332 e. The van der Waals surface area contributed by atoms with Gasteiger partial charge >= 0.3 is 0 Å². The molecule has 0 amide bonds. The smallest absolute Gasteiger partial charge is 0.260 e. The van der Waals surface area contributed by atoms with Crippen molar-refractivity contribution in [2.24, 2.45) is 0 Å². The van der Waals surface area contributed by atoms with Gasteiger partial charge < -0.3 is 4.98 Å². The van der Waals surface area contributed by atoms with Crippen molar-refractivity contribution >= 4 is 10.0 Å². The second-order valence-electron chi connectivity index (χ2n) is 4.51. The van der Waals surface area contributed by atoms with Crippen molar-refractivity contribution in [1.29, 1.82) is 0 Å². The van der Waals surface area contributed by atoms with E-state index < -0.39 is 10.0 Å². The van der Waals surface area contributed by atoms with Crippen molar-refractivity contribution in [2.75, 3.05) is 7.05 Å². The van der Waals surface area contributed by atoms with Crippen LogP contribution in [-0.2, 0) is 16.4 Å². The van der Waals surface area contributed by atoms with Crippen LogP contribution in [0.3, 0.4) is 0 Å². The van der Waals surface area contributed by atoms with E-state index in [9.17, 15) is 8.42 Å². The SMILES string of the molecule is CCc1ncc(S(=O)(=O)N(C)C2CCCC2)[nH]1. The molecule has 0 saturated heterocycles. The number of imidazole rings is 1. The number of aromatic amines is 1. The Kier molecular flexibility index (Phi) is 3.53. The van der Waals surface area contributed by atoms with E-state index in [1.165, 1.54) is 10.5 Å². The van der Waals surface area contributed by atoms with Gasteiger partial charge in [-0.1, -0.05) is 19.8 Å². The normalized spacial score (nSPS) is 18.1. The van der Waals surface area contributed by atoms with Crippen molar-refractivity contribution < 1.29 is 8.42 Å². The van der Waals surface area contributed by atoms with E-state index in [0.29, 0.717) is 12.2 Å². The number of hydrogen-bond donors (Lipinski definition) is 1. The molecule has 1 saturated carbocycles. The summed E-state index contributed by atoms with van der Waals surface area (Å²) in [5.74, 6) is 0.711. The lowest BCUT2D eigenvalue weighted by atomic mass is 10.3. The molecule has 1 heterocycles. The Bertz CT molecular complexity index is 475. The zero-order chi connectivity index (χ0) is 12.5. The number of H-pyrrole nitrogens is 1. The predicted octanol–water partition coefficient (Wildman–Crippen LogP) is 1.54. The van der Waals surface area contributed by atoms with Crippen LogP contribution in [0.25, 0.3) is 0 Å². The maximum atomic E-state index is 12.3. The molecule has 2 rings (SSSR count). The summed E-state index contributed by atoms with van der Waals surface area (Å²) in [6.07, 6.45) is 6.29. The summed E-state index contributed by atoms with van der Waals surface area (Å²) in [5.41, 5.74) is 0. The highest BCUT2D eigenvalue weighted by Crippen LogP contribution is 2.26. The molecule has 1 aliphatic carbocycles. The molecule has 1 fully saturated rings. The Morgan fingerprint density at radius 2 is 2.12 bits per heavy atom. The van der Waals surface area contributed by atoms with Crippen LogP contribution in [0, 0.1) is 0 Å². The highest BCUT2D eigenvalue weighted by molar-refractivity contribution is 7.89. The predicted molar refractivity (Wildman–Crippen MR) is 65.2 cm³/mol. The third-order valence-electron chi connectivity index (χ3n) is 3.44. The molecule has 0 aromatic carbocycles. The number of sulfonamides is 1. The Balaban J connectivity index is 2.22. The van der Waals surface area contributed by atoms with Gasteiger partial charge in [0.15, 0.2) is 5.03 Å². The molecule has 1 N–H and O–H groups in total. The maximum Gasteiger partial charge on any atom is 0.260 e. The first-order valence-corrected chi connectivity index (χ1v) is 7.51. The van der Waals surface area contributed by atoms with Crippen LogP contribution >= 0.6 is 0 Å². The van der Waals surface area contributed by atoms with Crippen LogP contribution in [0.5, 0.6) is 0 Å². The monoisotopic (exact) mass is 257 g/mol. The molecule has 0 aliphatic heterocycles. The molecule has 17 heavy (non-hydrogen) atoms. The van der Waals surface area contributed by atoms with Crippen LogP contribution in [0.2, 0.25) is 0 Å². The second-order valence-corrected chi connectivity index (χ2v) is 6.47. The third-order valence-corrected chi connectivity index (χ3v) is 5.26. The summed E-state index contributed by atoms with van der Waals surface area (Å²) >= 11 is 0. The van der Waals surface area contributed by atoms with Crippen LogP contribution in [0.4, 0.5) is 0 Å². The van der Waals surface area contributed by atoms with Crippen LogP contribution in [0.1, 0.15) is 38.4 Å². The first-order chi connectivity index (χ1) is 8.05. The standard InChI is InChI=1S/C11H19N3O2S/c1-3-10-12-8-11(13-10)17(15,16)14(2)9-6-4-5-7-9/h8-9H,3-7H2,1-2H3,(H,12,13). The summed E-state index contributed by atoms with van der Waals surface area (Å²) in [6.45, 7) is 1.94. The molecule has 1 aromatic rings. The number of aryl methyl sites for hydroxylation is 1. The van der Waals surface area contributed by atoms with Crippen LogP contribution in [-0.4, -0.2) is 35.8 Å². The number of nitrogens with one attached hydrogen (secondary N) is 1. The van der Waals surface area contributed by atoms with Crippen molar-refractivity contribution in [3.63, 3.8) is 0 Å². The first-order valence-electron chi connectivity index (χ1n) is 6.07. The third kappa shape index (κ3) is 2.37. The lowest BCUT2D eigenvalue weighted by molar-refractivity contribution is 0.371. The van der Waals surface area contributed by atoms with Crippen molar-refractivity contribution in [3.8, 4) is 0 Å². The molecule has 5 nitrogen and oxygen atoms in total. The minimum Gasteiger partial charge on any atom is -0.332 e. The van der Waals surface area contributed by atoms with Crippen LogP contribution in [0.15, 0.2) is 11.2 Å². The van der Waals surface area contributed by atoms with Gasteiger partial charge in [-0.25, -0.2) is 13.4 Å². The fourth-order valence-corrected chi connectivity index (χ4v) is 3.62. The number of hydrogen-bond acceptors (Lipinski definition) is 3. The van der Waals surface area contributed by atoms with E-state index in [1.807, 2.05) is 6.92 Å². The van der Waals surface area contributed by atoms with Crippen molar-refractivity contribution in [2.45, 2.75) is 50.1 Å². The van der Waals surface area contributed by atoms with Gasteiger partial charge in [0.25, 0.3) is 10.0 Å². The van der Waals surface area contributed by atoms with Gasteiger partial charge in [0.1, 0.15) is 5.82 Å². The Hall–Kier alpha value is -0.880. The maximum absolute atomic E-state index is 12.3. The molecule has 1 aromatic heterocycles. The summed E-state index contributed by atoms with van der Waals surface area (Å²) in [4.78, 5) is 6.92. The van der Waals surface area contributed by atoms with Gasteiger partial charge in [-0.05, 0) is 12.8 Å². The average molecular weight is 257 g/mol. The Labute approximate surface area is 102 Å². The second kappa shape index (κ2) is 4.78. The molecular weight excluding hydrogens is 238 g/mol. The topological polar surface area (TPSA) is 66.1 Å². The lowest BCUT2D eigenvalue weighted by Crippen LogP contribution is -2.35. The van der Waals surface area contributed by atoms with Gasteiger partial charge in [0.05, 0.1) is 6.20 Å². The number of aromatic nitrogens is 2. The number of rotatable bonds is 4. The summed E-state index contributed by atoms with van der Waals surface area (Å²) in [7, 11) is -1.73. The molecule has 0 spiro atoms. The molecular formula is C11H19N3O2S. The molecule has 1 aliphatic rings. The quantitative estimate of drug-likeness (QED) is 0.889. The van der Waals surface area contributed by atoms with E-state index in [4.69, 9.17) is 0 Å². The van der Waals surface area contributed by atoms with E-state index in [2.05, 4.69) is 9.97 Å². The molecule has 0 unspecified atom stereocenters. The molecule has 0 bridgehead atoms. The van der Waals surface area contributed by atoms with E-state index in [1.54, 1.807) is 7.05 Å². The van der Waals surface area contributed by atoms with E-state index >= 15 is 0 Å². The van der Waals surface area contributed by atoms with Gasteiger partial charge in [0, 0.05) is 19.5 Å². The average Bonchev–Trinajstić information content (AvgIpc) is 2.98. The minimum absolute atomic E-state index is 0.147. The van der Waals surface area contributed by atoms with Gasteiger partial charge in [-0.3, -0.25) is 0 Å². The highest BCUT2D eigenvalue weighted by Gasteiger charge is 2.31. The Morgan fingerprint density at radius 1 is 1.47 bits per heavy atom. The molecule has 6 heteroatoms.